The summed E-state index contributed by atoms with van der Waals surface area (Å²) in [6.07, 6.45) is 3.68. The summed E-state index contributed by atoms with van der Waals surface area (Å²) in [7, 11) is 0. The molecule has 2 aliphatic rings. The Kier molecular flexibility index (Phi) is 4.57. The molecule has 5 nitrogen and oxygen atoms in total. The highest BCUT2D eigenvalue weighted by Gasteiger charge is 2.54. The average molecular weight is 328 g/mol. The number of likely N-dealkylation sites (tertiary alicyclic amines) is 1. The Morgan fingerprint density at radius 1 is 1.27 bits per heavy atom. The van der Waals surface area contributed by atoms with Crippen LogP contribution in [-0.2, 0) is 16.1 Å². The van der Waals surface area contributed by atoms with Gasteiger partial charge in [-0.15, -0.1) is 0 Å². The van der Waals surface area contributed by atoms with Crippen molar-refractivity contribution < 1.29 is 14.1 Å². The van der Waals surface area contributed by atoms with Crippen molar-refractivity contribution in [1.82, 2.24) is 4.90 Å². The van der Waals surface area contributed by atoms with Crippen molar-refractivity contribution in [2.45, 2.75) is 64.7 Å². The van der Waals surface area contributed by atoms with Crippen LogP contribution in [0.4, 0.5) is 4.79 Å². The highest BCUT2D eigenvalue weighted by molar-refractivity contribution is 7.91. The van der Waals surface area contributed by atoms with Gasteiger partial charge in [0.2, 0.25) is 0 Å². The van der Waals surface area contributed by atoms with E-state index in [9.17, 15) is 9.35 Å². The van der Waals surface area contributed by atoms with E-state index in [0.29, 0.717) is 5.92 Å². The first-order chi connectivity index (χ1) is 9.90. The third kappa shape index (κ3) is 4.16. The Morgan fingerprint density at radius 2 is 1.82 bits per heavy atom. The summed E-state index contributed by atoms with van der Waals surface area (Å²) in [5.41, 5.74) is -0.192. The zero-order valence-corrected chi connectivity index (χ0v) is 15.3. The van der Waals surface area contributed by atoms with E-state index >= 15 is 0 Å². The van der Waals surface area contributed by atoms with Crippen molar-refractivity contribution in [2.24, 2.45) is 15.7 Å². The van der Waals surface area contributed by atoms with Gasteiger partial charge in [-0.25, -0.2) is 4.79 Å². The second kappa shape index (κ2) is 5.71. The summed E-state index contributed by atoms with van der Waals surface area (Å²) in [6, 6.07) is 0. The van der Waals surface area contributed by atoms with Gasteiger partial charge in [0, 0.05) is 24.4 Å². The van der Waals surface area contributed by atoms with Crippen LogP contribution in [0.2, 0.25) is 0 Å². The van der Waals surface area contributed by atoms with Gasteiger partial charge in [0.25, 0.3) is 0 Å². The molecule has 1 aliphatic carbocycles. The fourth-order valence-corrected chi connectivity index (χ4v) is 3.53. The number of carbonyl (C=O) groups excluding carboxylic acids is 1. The van der Waals surface area contributed by atoms with Gasteiger partial charge in [-0.1, -0.05) is 4.40 Å². The maximum absolute atomic E-state index is 11.9. The number of hydrogen-bond acceptors (Lipinski definition) is 4. The molecule has 0 aromatic rings. The predicted octanol–water partition coefficient (Wildman–Crippen LogP) is 3.17. The maximum Gasteiger partial charge on any atom is 0.410 e. The maximum atomic E-state index is 11.9. The third-order valence-corrected chi connectivity index (χ3v) is 5.35. The van der Waals surface area contributed by atoms with E-state index in [-0.39, 0.29) is 16.3 Å². The number of ether oxygens (including phenoxy) is 1. The molecular formula is C16H28N2O3S. The molecule has 1 unspecified atom stereocenters. The molecule has 0 bridgehead atoms. The highest BCUT2D eigenvalue weighted by atomic mass is 32.2. The van der Waals surface area contributed by atoms with Crippen molar-refractivity contribution in [1.29, 1.82) is 0 Å². The largest absolute Gasteiger partial charge is 0.591 e. The average Bonchev–Trinajstić information content (AvgIpc) is 2.19. The molecule has 1 spiro atoms. The zero-order valence-electron chi connectivity index (χ0n) is 14.5. The highest BCUT2D eigenvalue weighted by Crippen LogP contribution is 2.51. The van der Waals surface area contributed by atoms with E-state index in [1.807, 2.05) is 47.8 Å². The molecule has 1 amide bonds. The molecule has 2 fully saturated rings. The number of rotatable bonds is 2. The van der Waals surface area contributed by atoms with Crippen molar-refractivity contribution in [3.63, 3.8) is 0 Å². The van der Waals surface area contributed by atoms with Gasteiger partial charge in [-0.05, 0) is 54.4 Å². The second-order valence-corrected chi connectivity index (χ2v) is 10.6. The normalized spacial score (nSPS) is 23.3. The molecule has 2 rings (SSSR count). The predicted molar refractivity (Wildman–Crippen MR) is 89.4 cm³/mol. The van der Waals surface area contributed by atoms with E-state index < -0.39 is 17.0 Å². The lowest BCUT2D eigenvalue weighted by atomic mass is 9.58. The van der Waals surface area contributed by atoms with Crippen LogP contribution in [0.15, 0.2) is 4.40 Å². The topological polar surface area (TPSA) is 65.0 Å². The first-order valence-corrected chi connectivity index (χ1v) is 8.95. The van der Waals surface area contributed by atoms with Gasteiger partial charge < -0.3 is 14.2 Å². The Balaban J connectivity index is 1.73. The van der Waals surface area contributed by atoms with Crippen LogP contribution >= 0.6 is 0 Å². The van der Waals surface area contributed by atoms with Gasteiger partial charge in [0.05, 0.1) is 6.21 Å². The van der Waals surface area contributed by atoms with Crippen LogP contribution in [0.1, 0.15) is 54.4 Å². The summed E-state index contributed by atoms with van der Waals surface area (Å²) in [5.74, 6) is 0.395. The Labute approximate surface area is 136 Å². The minimum Gasteiger partial charge on any atom is -0.591 e. The lowest BCUT2D eigenvalue weighted by Gasteiger charge is -2.57. The molecule has 6 heteroatoms. The lowest BCUT2D eigenvalue weighted by molar-refractivity contribution is -0.0805. The summed E-state index contributed by atoms with van der Waals surface area (Å²) in [6.45, 7) is 13.0. The first-order valence-electron chi connectivity index (χ1n) is 7.84. The number of amides is 1. The van der Waals surface area contributed by atoms with Crippen molar-refractivity contribution in [3.05, 3.63) is 0 Å². The Morgan fingerprint density at radius 3 is 2.27 bits per heavy atom. The Bertz CT molecular complexity index is 451. The molecule has 0 aromatic heterocycles. The summed E-state index contributed by atoms with van der Waals surface area (Å²) >= 11 is -1.18. The van der Waals surface area contributed by atoms with Gasteiger partial charge in [-0.3, -0.25) is 0 Å². The van der Waals surface area contributed by atoms with Crippen LogP contribution in [0.25, 0.3) is 0 Å². The molecule has 1 atom stereocenters. The summed E-state index contributed by atoms with van der Waals surface area (Å²) in [5, 5.41) is 0. The van der Waals surface area contributed by atoms with Crippen LogP contribution in [0.3, 0.4) is 0 Å². The van der Waals surface area contributed by atoms with Crippen molar-refractivity contribution >= 4 is 23.7 Å². The van der Waals surface area contributed by atoms with Gasteiger partial charge in [-0.2, -0.15) is 0 Å². The van der Waals surface area contributed by atoms with Crippen molar-refractivity contribution in [3.8, 4) is 0 Å². The number of hydrogen-bond donors (Lipinski definition) is 0. The summed E-state index contributed by atoms with van der Waals surface area (Å²) in [4.78, 5) is 13.7. The first kappa shape index (κ1) is 17.6. The third-order valence-electron chi connectivity index (χ3n) is 3.99. The fourth-order valence-electron chi connectivity index (χ4n) is 2.93. The minimum atomic E-state index is -1.18. The van der Waals surface area contributed by atoms with Gasteiger partial charge in [0.1, 0.15) is 21.7 Å². The molecule has 1 saturated heterocycles. The lowest BCUT2D eigenvalue weighted by Crippen LogP contribution is -2.64. The van der Waals surface area contributed by atoms with E-state index in [0.717, 1.165) is 25.9 Å². The van der Waals surface area contributed by atoms with E-state index in [1.165, 1.54) is 0 Å². The van der Waals surface area contributed by atoms with E-state index in [4.69, 9.17) is 4.74 Å². The van der Waals surface area contributed by atoms with E-state index in [1.54, 1.807) is 4.90 Å². The van der Waals surface area contributed by atoms with Crippen molar-refractivity contribution in [2.75, 3.05) is 13.1 Å². The Hall–Kier alpha value is -0.750. The number of nitrogens with zero attached hydrogens (tertiary/aromatic N) is 2. The molecule has 1 heterocycles. The van der Waals surface area contributed by atoms with Crippen LogP contribution < -0.4 is 0 Å². The SMILES string of the molecule is CC(C)(C)OC(=O)N1CC2(CC(/C=N/[S+]([O-])C(C)(C)C)C2)C1. The monoisotopic (exact) mass is 328 g/mol. The molecule has 0 radical (unpaired) electrons. The smallest absolute Gasteiger partial charge is 0.410 e. The molecule has 1 aliphatic heterocycles. The molecule has 0 aromatic carbocycles. The van der Waals surface area contributed by atoms with Crippen LogP contribution in [0, 0.1) is 11.3 Å². The zero-order chi connectivity index (χ0) is 16.8. The van der Waals surface area contributed by atoms with Gasteiger partial charge in [0.15, 0.2) is 0 Å². The number of carbonyl (C=O) groups is 1. The fraction of sp³-hybridized carbons (Fsp3) is 0.875. The molecule has 22 heavy (non-hydrogen) atoms. The molecule has 1 saturated carbocycles. The minimum absolute atomic E-state index is 0.218. The van der Waals surface area contributed by atoms with Crippen LogP contribution in [0.5, 0.6) is 0 Å². The standard InChI is InChI=1S/C16H28N2O3S/c1-14(2,3)21-13(19)18-10-16(11-18)7-12(8-16)9-17-22(20)15(4,5)6/h9,12H,7-8,10-11H2,1-6H3/b17-9+. The van der Waals surface area contributed by atoms with Gasteiger partial charge >= 0.3 is 6.09 Å². The quantitative estimate of drug-likeness (QED) is 0.578. The molecular weight excluding hydrogens is 300 g/mol. The van der Waals surface area contributed by atoms with E-state index in [2.05, 4.69) is 4.40 Å². The molecule has 0 N–H and O–H groups in total. The van der Waals surface area contributed by atoms with Crippen LogP contribution in [-0.4, -0.2) is 45.2 Å². The summed E-state index contributed by atoms with van der Waals surface area (Å²) < 4.78 is 21.1. The molecule has 126 valence electrons. The second-order valence-electron chi connectivity index (χ2n) is 8.62.